The molecule has 0 aromatic heterocycles. The van der Waals surface area contributed by atoms with Crippen LogP contribution in [0.3, 0.4) is 0 Å². The lowest BCUT2D eigenvalue weighted by Gasteiger charge is -2.14. The fraction of sp³-hybridized carbons (Fsp3) is 0.818. The first kappa shape index (κ1) is 14.7. The predicted molar refractivity (Wildman–Crippen MR) is 64.3 cm³/mol. The van der Waals surface area contributed by atoms with Crippen LogP contribution in [-0.2, 0) is 4.79 Å². The molecule has 0 aliphatic heterocycles. The molecular weight excluding hydrogens is 206 g/mol. The van der Waals surface area contributed by atoms with E-state index in [0.717, 1.165) is 25.7 Å². The van der Waals surface area contributed by atoms with Gasteiger partial charge in [0.15, 0.2) is 0 Å². The molecule has 5 nitrogen and oxygen atoms in total. The Morgan fingerprint density at radius 2 is 1.94 bits per heavy atom. The molecule has 0 fully saturated rings. The Morgan fingerprint density at radius 3 is 2.38 bits per heavy atom. The number of carbonyl (C=O) groups excluding carboxylic acids is 1. The maximum Gasteiger partial charge on any atom is 0.223 e. The van der Waals surface area contributed by atoms with Crippen molar-refractivity contribution in [2.24, 2.45) is 16.8 Å². The van der Waals surface area contributed by atoms with Crippen molar-refractivity contribution in [3.8, 4) is 0 Å². The highest BCUT2D eigenvalue weighted by atomic mass is 16.4. The van der Waals surface area contributed by atoms with Gasteiger partial charge in [0.2, 0.25) is 5.91 Å². The predicted octanol–water partition coefficient (Wildman–Crippen LogP) is 1.46. The third-order valence-corrected chi connectivity index (χ3v) is 2.45. The van der Waals surface area contributed by atoms with Gasteiger partial charge in [0.25, 0.3) is 0 Å². The summed E-state index contributed by atoms with van der Waals surface area (Å²) < 4.78 is 0. The number of amidine groups is 1. The number of oxime groups is 1. The number of nitrogens with two attached hydrogens (primary N) is 1. The quantitative estimate of drug-likeness (QED) is 0.255. The van der Waals surface area contributed by atoms with Crippen molar-refractivity contribution in [1.29, 1.82) is 0 Å². The average Bonchev–Trinajstić information content (AvgIpc) is 2.28. The molecular formula is C11H23N3O2. The minimum atomic E-state index is 0.0782. The molecule has 1 amide bonds. The SMILES string of the molecule is CCCC(CCC)C(=O)NCCC(N)=NO. The number of nitrogens with one attached hydrogen (secondary N) is 1. The van der Waals surface area contributed by atoms with Crippen LogP contribution >= 0.6 is 0 Å². The minimum absolute atomic E-state index is 0.0782. The van der Waals surface area contributed by atoms with Crippen molar-refractivity contribution >= 4 is 11.7 Å². The van der Waals surface area contributed by atoms with Gasteiger partial charge < -0.3 is 16.3 Å². The summed E-state index contributed by atoms with van der Waals surface area (Å²) in [4.78, 5) is 11.7. The first-order chi connectivity index (χ1) is 7.65. The van der Waals surface area contributed by atoms with E-state index in [-0.39, 0.29) is 17.7 Å². The molecule has 0 radical (unpaired) electrons. The molecule has 0 aliphatic rings. The largest absolute Gasteiger partial charge is 0.409 e. The van der Waals surface area contributed by atoms with Gasteiger partial charge in [-0.2, -0.15) is 0 Å². The third kappa shape index (κ3) is 6.27. The molecule has 0 spiro atoms. The zero-order valence-electron chi connectivity index (χ0n) is 10.2. The molecule has 4 N–H and O–H groups in total. The topological polar surface area (TPSA) is 87.7 Å². The molecule has 0 rings (SSSR count). The number of amides is 1. The van der Waals surface area contributed by atoms with Gasteiger partial charge in [-0.1, -0.05) is 31.8 Å². The second kappa shape index (κ2) is 9.00. The Labute approximate surface area is 97.1 Å². The van der Waals surface area contributed by atoms with E-state index in [1.807, 2.05) is 0 Å². The third-order valence-electron chi connectivity index (χ3n) is 2.45. The zero-order valence-corrected chi connectivity index (χ0v) is 10.2. The first-order valence-electron chi connectivity index (χ1n) is 5.89. The summed E-state index contributed by atoms with van der Waals surface area (Å²) in [7, 11) is 0. The van der Waals surface area contributed by atoms with Gasteiger partial charge in [-0.25, -0.2) is 0 Å². The minimum Gasteiger partial charge on any atom is -0.409 e. The molecule has 16 heavy (non-hydrogen) atoms. The molecule has 0 bridgehead atoms. The van der Waals surface area contributed by atoms with Gasteiger partial charge in [0.1, 0.15) is 5.84 Å². The van der Waals surface area contributed by atoms with Crippen LogP contribution in [-0.4, -0.2) is 23.5 Å². The molecule has 94 valence electrons. The van der Waals surface area contributed by atoms with Gasteiger partial charge in [0.05, 0.1) is 0 Å². The van der Waals surface area contributed by atoms with Crippen LogP contribution in [0, 0.1) is 5.92 Å². The van der Waals surface area contributed by atoms with Gasteiger partial charge in [-0.15, -0.1) is 0 Å². The fourth-order valence-electron chi connectivity index (χ4n) is 1.61. The van der Waals surface area contributed by atoms with E-state index in [0.29, 0.717) is 13.0 Å². The average molecular weight is 229 g/mol. The lowest BCUT2D eigenvalue weighted by atomic mass is 9.97. The van der Waals surface area contributed by atoms with Crippen LogP contribution in [0.1, 0.15) is 46.0 Å². The smallest absolute Gasteiger partial charge is 0.223 e. The van der Waals surface area contributed by atoms with Crippen LogP contribution in [0.2, 0.25) is 0 Å². The number of carbonyl (C=O) groups is 1. The second-order valence-electron chi connectivity index (χ2n) is 3.91. The van der Waals surface area contributed by atoms with E-state index in [4.69, 9.17) is 10.9 Å². The fourth-order valence-corrected chi connectivity index (χ4v) is 1.61. The highest BCUT2D eigenvalue weighted by Gasteiger charge is 2.15. The van der Waals surface area contributed by atoms with Crippen molar-refractivity contribution in [2.75, 3.05) is 6.54 Å². The van der Waals surface area contributed by atoms with Gasteiger partial charge >= 0.3 is 0 Å². The maximum absolute atomic E-state index is 11.7. The summed E-state index contributed by atoms with van der Waals surface area (Å²) in [5.41, 5.74) is 5.30. The number of hydrogen-bond donors (Lipinski definition) is 3. The Hall–Kier alpha value is -1.26. The van der Waals surface area contributed by atoms with Gasteiger partial charge in [-0.05, 0) is 12.8 Å². The van der Waals surface area contributed by atoms with Crippen LogP contribution in [0.25, 0.3) is 0 Å². The first-order valence-corrected chi connectivity index (χ1v) is 5.89. The summed E-state index contributed by atoms with van der Waals surface area (Å²) in [5, 5.41) is 14.0. The van der Waals surface area contributed by atoms with Crippen molar-refractivity contribution in [3.05, 3.63) is 0 Å². The molecule has 0 saturated heterocycles. The van der Waals surface area contributed by atoms with Crippen LogP contribution in [0.5, 0.6) is 0 Å². The van der Waals surface area contributed by atoms with E-state index >= 15 is 0 Å². The van der Waals surface area contributed by atoms with Crippen molar-refractivity contribution < 1.29 is 10.0 Å². The number of rotatable bonds is 8. The van der Waals surface area contributed by atoms with E-state index in [2.05, 4.69) is 24.3 Å². The standard InChI is InChI=1S/C11H23N3O2/c1-3-5-9(6-4-2)11(15)13-8-7-10(12)14-16/h9,16H,3-8H2,1-2H3,(H2,12,14)(H,13,15). The molecule has 0 unspecified atom stereocenters. The van der Waals surface area contributed by atoms with E-state index in [1.165, 1.54) is 0 Å². The lowest BCUT2D eigenvalue weighted by molar-refractivity contribution is -0.125. The number of nitrogens with zero attached hydrogens (tertiary/aromatic N) is 1. The zero-order chi connectivity index (χ0) is 12.4. The molecule has 0 atom stereocenters. The molecule has 0 aliphatic carbocycles. The molecule has 0 saturated carbocycles. The van der Waals surface area contributed by atoms with Gasteiger partial charge in [-0.3, -0.25) is 4.79 Å². The maximum atomic E-state index is 11.7. The normalized spacial score (nSPS) is 11.8. The molecule has 5 heteroatoms. The molecule has 0 heterocycles. The van der Waals surface area contributed by atoms with Crippen molar-refractivity contribution in [1.82, 2.24) is 5.32 Å². The Morgan fingerprint density at radius 1 is 1.38 bits per heavy atom. The van der Waals surface area contributed by atoms with E-state index in [1.54, 1.807) is 0 Å². The Kier molecular flexibility index (Phi) is 8.29. The van der Waals surface area contributed by atoms with Crippen LogP contribution in [0.4, 0.5) is 0 Å². The van der Waals surface area contributed by atoms with E-state index in [9.17, 15) is 4.79 Å². The summed E-state index contributed by atoms with van der Waals surface area (Å²) in [5.74, 6) is 0.319. The summed E-state index contributed by atoms with van der Waals surface area (Å²) in [6.07, 6.45) is 4.25. The van der Waals surface area contributed by atoms with E-state index < -0.39 is 0 Å². The summed E-state index contributed by atoms with van der Waals surface area (Å²) in [6.45, 7) is 4.58. The van der Waals surface area contributed by atoms with Crippen molar-refractivity contribution in [2.45, 2.75) is 46.0 Å². The Balaban J connectivity index is 3.91. The summed E-state index contributed by atoms with van der Waals surface area (Å²) >= 11 is 0. The van der Waals surface area contributed by atoms with Crippen LogP contribution in [0.15, 0.2) is 5.16 Å². The molecule has 0 aromatic rings. The number of hydrogen-bond acceptors (Lipinski definition) is 3. The highest BCUT2D eigenvalue weighted by Crippen LogP contribution is 2.13. The van der Waals surface area contributed by atoms with Crippen LogP contribution < -0.4 is 11.1 Å². The lowest BCUT2D eigenvalue weighted by Crippen LogP contribution is -2.33. The van der Waals surface area contributed by atoms with Crippen molar-refractivity contribution in [3.63, 3.8) is 0 Å². The monoisotopic (exact) mass is 229 g/mol. The highest BCUT2D eigenvalue weighted by molar-refractivity contribution is 5.82. The summed E-state index contributed by atoms with van der Waals surface area (Å²) in [6, 6.07) is 0. The Bertz CT molecular complexity index is 223. The molecule has 0 aromatic carbocycles. The van der Waals surface area contributed by atoms with Gasteiger partial charge in [0, 0.05) is 18.9 Å². The second-order valence-corrected chi connectivity index (χ2v) is 3.91.